The van der Waals surface area contributed by atoms with Gasteiger partial charge in [-0.3, -0.25) is 0 Å². The predicted molar refractivity (Wildman–Crippen MR) is 126 cm³/mol. The SMILES string of the molecule is CC.CPc1ccc(C(C)C)cc1-c1ccc2cc3ccccc3cc2c1. The molecule has 138 valence electrons. The van der Waals surface area contributed by atoms with Crippen LogP contribution in [0.5, 0.6) is 0 Å². The molecule has 1 heteroatoms. The van der Waals surface area contributed by atoms with E-state index in [9.17, 15) is 0 Å². The summed E-state index contributed by atoms with van der Waals surface area (Å²) >= 11 is 0. The first-order chi connectivity index (χ1) is 13.2. The minimum absolute atomic E-state index is 0.553. The second kappa shape index (κ2) is 8.68. The molecule has 4 aromatic carbocycles. The highest BCUT2D eigenvalue weighted by molar-refractivity contribution is 7.46. The lowest BCUT2D eigenvalue weighted by Crippen LogP contribution is -2.02. The van der Waals surface area contributed by atoms with Crippen molar-refractivity contribution < 1.29 is 0 Å². The predicted octanol–water partition coefficient (Wildman–Crippen LogP) is 7.74. The monoisotopic (exact) mass is 372 g/mol. The minimum atomic E-state index is 0.553. The first-order valence-electron chi connectivity index (χ1n) is 9.90. The zero-order chi connectivity index (χ0) is 19.4. The van der Waals surface area contributed by atoms with Gasteiger partial charge in [-0.25, -0.2) is 0 Å². The third-order valence-electron chi connectivity index (χ3n) is 5.00. The average Bonchev–Trinajstić information content (AvgIpc) is 2.72. The smallest absolute Gasteiger partial charge is 0.0107 e. The summed E-state index contributed by atoms with van der Waals surface area (Å²) in [4.78, 5) is 0. The molecule has 0 saturated carbocycles. The maximum absolute atomic E-state index is 2.39. The van der Waals surface area contributed by atoms with Gasteiger partial charge in [-0.15, -0.1) is 0 Å². The fourth-order valence-electron chi connectivity index (χ4n) is 3.49. The lowest BCUT2D eigenvalue weighted by molar-refractivity contribution is 0.868. The maximum atomic E-state index is 2.39. The Bertz CT molecular complexity index is 1060. The molecule has 0 bridgehead atoms. The number of benzene rings is 4. The van der Waals surface area contributed by atoms with E-state index in [1.54, 1.807) is 0 Å². The molecule has 0 aromatic heterocycles. The van der Waals surface area contributed by atoms with Gasteiger partial charge in [0.2, 0.25) is 0 Å². The Morgan fingerprint density at radius 3 is 1.93 bits per heavy atom. The van der Waals surface area contributed by atoms with Crippen LogP contribution in [0.25, 0.3) is 32.7 Å². The largest absolute Gasteiger partial charge is 0.0929 e. The summed E-state index contributed by atoms with van der Waals surface area (Å²) in [5.41, 5.74) is 4.13. The molecular weight excluding hydrogens is 343 g/mol. The zero-order valence-electron chi connectivity index (χ0n) is 17.0. The van der Waals surface area contributed by atoms with Crippen molar-refractivity contribution in [3.05, 3.63) is 78.4 Å². The van der Waals surface area contributed by atoms with Gasteiger partial charge in [0.25, 0.3) is 0 Å². The molecule has 0 heterocycles. The highest BCUT2D eigenvalue weighted by atomic mass is 31.1. The van der Waals surface area contributed by atoms with Gasteiger partial charge in [-0.2, -0.15) is 0 Å². The molecule has 0 aliphatic carbocycles. The van der Waals surface area contributed by atoms with Crippen LogP contribution in [-0.4, -0.2) is 6.66 Å². The molecule has 4 rings (SSSR count). The molecular formula is C26H29P. The summed E-state index contributed by atoms with van der Waals surface area (Å²) in [5.74, 6) is 0.553. The fraction of sp³-hybridized carbons (Fsp3) is 0.231. The Morgan fingerprint density at radius 1 is 0.667 bits per heavy atom. The van der Waals surface area contributed by atoms with Gasteiger partial charge in [-0.1, -0.05) is 90.9 Å². The van der Waals surface area contributed by atoms with Gasteiger partial charge < -0.3 is 0 Å². The minimum Gasteiger partial charge on any atom is -0.0929 e. The van der Waals surface area contributed by atoms with Crippen LogP contribution in [-0.2, 0) is 0 Å². The van der Waals surface area contributed by atoms with Gasteiger partial charge in [-0.05, 0) is 74.3 Å². The molecule has 27 heavy (non-hydrogen) atoms. The standard InChI is InChI=1S/C24H23P.C2H6/c1-16(2)17-10-11-24(25-3)23(15-17)21-9-8-20-12-18-6-4-5-7-19(18)13-22(20)14-21;1-2/h4-16,25H,1-3H3;1-2H3. The molecule has 0 saturated heterocycles. The third-order valence-corrected chi connectivity index (χ3v) is 5.97. The van der Waals surface area contributed by atoms with E-state index in [4.69, 9.17) is 0 Å². The van der Waals surface area contributed by atoms with Crippen molar-refractivity contribution in [3.63, 3.8) is 0 Å². The number of hydrogen-bond acceptors (Lipinski definition) is 0. The van der Waals surface area contributed by atoms with Crippen molar-refractivity contribution in [2.45, 2.75) is 33.6 Å². The molecule has 0 nitrogen and oxygen atoms in total. The van der Waals surface area contributed by atoms with Crippen LogP contribution in [0.2, 0.25) is 0 Å². The fourth-order valence-corrected chi connectivity index (χ4v) is 4.22. The van der Waals surface area contributed by atoms with Crippen LogP contribution in [0.15, 0.2) is 72.8 Å². The number of hydrogen-bond donors (Lipinski definition) is 0. The van der Waals surface area contributed by atoms with Crippen LogP contribution >= 0.6 is 8.58 Å². The second-order valence-corrected chi connectivity index (χ2v) is 8.01. The van der Waals surface area contributed by atoms with Gasteiger partial charge in [0.05, 0.1) is 0 Å². The van der Waals surface area contributed by atoms with Gasteiger partial charge in [0.1, 0.15) is 0 Å². The summed E-state index contributed by atoms with van der Waals surface area (Å²) in [6, 6.07) is 27.1. The molecule has 1 unspecified atom stereocenters. The lowest BCUT2D eigenvalue weighted by atomic mass is 9.95. The molecule has 0 aliphatic heterocycles. The van der Waals surface area contributed by atoms with E-state index in [1.165, 1.54) is 43.5 Å². The molecule has 0 amide bonds. The maximum Gasteiger partial charge on any atom is -0.0107 e. The Balaban J connectivity index is 0.00000102. The Morgan fingerprint density at radius 2 is 1.30 bits per heavy atom. The highest BCUT2D eigenvalue weighted by Gasteiger charge is 2.09. The molecule has 0 aliphatic rings. The number of rotatable bonds is 3. The van der Waals surface area contributed by atoms with E-state index in [-0.39, 0.29) is 0 Å². The number of fused-ring (bicyclic) bond motifs is 2. The van der Waals surface area contributed by atoms with Crippen molar-refractivity contribution in [1.29, 1.82) is 0 Å². The van der Waals surface area contributed by atoms with E-state index in [0.717, 1.165) is 8.58 Å². The third kappa shape index (κ3) is 4.07. The average molecular weight is 372 g/mol. The van der Waals surface area contributed by atoms with Crippen molar-refractivity contribution in [2.24, 2.45) is 0 Å². The van der Waals surface area contributed by atoms with Crippen molar-refractivity contribution in [3.8, 4) is 11.1 Å². The van der Waals surface area contributed by atoms with E-state index < -0.39 is 0 Å². The summed E-state index contributed by atoms with van der Waals surface area (Å²) in [6.07, 6.45) is 0. The quantitative estimate of drug-likeness (QED) is 0.255. The second-order valence-electron chi connectivity index (χ2n) is 6.97. The van der Waals surface area contributed by atoms with Crippen LogP contribution < -0.4 is 5.30 Å². The first kappa shape index (κ1) is 19.6. The van der Waals surface area contributed by atoms with Crippen molar-refractivity contribution in [2.75, 3.05) is 6.66 Å². The van der Waals surface area contributed by atoms with Gasteiger partial charge >= 0.3 is 0 Å². The normalized spacial score (nSPS) is 11.3. The van der Waals surface area contributed by atoms with Gasteiger partial charge in [0.15, 0.2) is 0 Å². The molecule has 4 aromatic rings. The van der Waals surface area contributed by atoms with E-state index in [2.05, 4.69) is 93.3 Å². The van der Waals surface area contributed by atoms with Crippen molar-refractivity contribution in [1.82, 2.24) is 0 Å². The summed E-state index contributed by atoms with van der Waals surface area (Å²) in [6.45, 7) is 10.8. The Kier molecular flexibility index (Phi) is 6.30. The van der Waals surface area contributed by atoms with Crippen molar-refractivity contribution >= 4 is 35.4 Å². The highest BCUT2D eigenvalue weighted by Crippen LogP contribution is 2.30. The summed E-state index contributed by atoms with van der Waals surface area (Å²) < 4.78 is 0. The van der Waals surface area contributed by atoms with E-state index >= 15 is 0 Å². The topological polar surface area (TPSA) is 0 Å². The van der Waals surface area contributed by atoms with Crippen LogP contribution in [0.4, 0.5) is 0 Å². The first-order valence-corrected chi connectivity index (χ1v) is 11.4. The van der Waals surface area contributed by atoms with Crippen LogP contribution in [0, 0.1) is 0 Å². The Hall–Kier alpha value is -2.17. The van der Waals surface area contributed by atoms with Gasteiger partial charge in [0, 0.05) is 0 Å². The molecule has 0 fully saturated rings. The molecule has 0 N–H and O–H groups in total. The molecule has 0 spiro atoms. The van der Waals surface area contributed by atoms with E-state index in [0.29, 0.717) is 5.92 Å². The molecule has 0 radical (unpaired) electrons. The Labute approximate surface area is 165 Å². The molecule has 1 atom stereocenters. The van der Waals surface area contributed by atoms with Crippen LogP contribution in [0.3, 0.4) is 0 Å². The van der Waals surface area contributed by atoms with E-state index in [1.807, 2.05) is 13.8 Å². The lowest BCUT2D eigenvalue weighted by Gasteiger charge is -2.14. The summed E-state index contributed by atoms with van der Waals surface area (Å²) in [7, 11) is 0.806. The zero-order valence-corrected chi connectivity index (χ0v) is 18.0. The van der Waals surface area contributed by atoms with Crippen LogP contribution in [0.1, 0.15) is 39.2 Å². The summed E-state index contributed by atoms with van der Waals surface area (Å²) in [5, 5.41) is 6.69.